The number of carbonyl (C=O) groups excluding carboxylic acids is 1. The number of methoxy groups -OCH3 is 1. The molecule has 5 nitrogen and oxygen atoms in total. The number of hydrogen-bond acceptors (Lipinski definition) is 5. The Labute approximate surface area is 71.6 Å². The van der Waals surface area contributed by atoms with Crippen molar-refractivity contribution in [2.45, 2.75) is 19.4 Å². The standard InChI is InChI=1S/C4H8O2.C3H8O3/c1-3-4(5)6-2;4-1-3(6)2-5/h3H2,1-2H3;3-6H,1-2H2. The highest BCUT2D eigenvalue weighted by atomic mass is 16.5. The molecule has 0 aliphatic rings. The van der Waals surface area contributed by atoms with Crippen molar-refractivity contribution in [3.05, 3.63) is 0 Å². The van der Waals surface area contributed by atoms with Crippen LogP contribution < -0.4 is 0 Å². The first-order valence-electron chi connectivity index (χ1n) is 3.58. The van der Waals surface area contributed by atoms with Crippen LogP contribution in [0.5, 0.6) is 0 Å². The predicted molar refractivity (Wildman–Crippen MR) is 42.5 cm³/mol. The van der Waals surface area contributed by atoms with E-state index in [1.54, 1.807) is 6.92 Å². The summed E-state index contributed by atoms with van der Waals surface area (Å²) in [4.78, 5) is 9.96. The van der Waals surface area contributed by atoms with Gasteiger partial charge in [-0.1, -0.05) is 6.92 Å². The first-order valence-corrected chi connectivity index (χ1v) is 3.58. The fraction of sp³-hybridized carbons (Fsp3) is 0.857. The van der Waals surface area contributed by atoms with Crippen LogP contribution in [0.3, 0.4) is 0 Å². The molecule has 74 valence electrons. The van der Waals surface area contributed by atoms with Gasteiger partial charge in [0.25, 0.3) is 0 Å². The molecule has 0 saturated carbocycles. The Hall–Kier alpha value is -0.650. The first-order chi connectivity index (χ1) is 5.62. The van der Waals surface area contributed by atoms with E-state index in [4.69, 9.17) is 15.3 Å². The van der Waals surface area contributed by atoms with Gasteiger partial charge in [0.05, 0.1) is 20.3 Å². The molecule has 0 amide bonds. The molecule has 0 saturated heterocycles. The largest absolute Gasteiger partial charge is 0.469 e. The van der Waals surface area contributed by atoms with Gasteiger partial charge in [0, 0.05) is 6.42 Å². The molecule has 0 heterocycles. The monoisotopic (exact) mass is 180 g/mol. The molecule has 0 fully saturated rings. The summed E-state index contributed by atoms with van der Waals surface area (Å²) in [5, 5.41) is 24.0. The Kier molecular flexibility index (Phi) is 12.0. The Balaban J connectivity index is 0. The van der Waals surface area contributed by atoms with Crippen molar-refractivity contribution in [1.82, 2.24) is 0 Å². The lowest BCUT2D eigenvalue weighted by molar-refractivity contribution is -0.140. The first kappa shape index (κ1) is 13.9. The molecule has 12 heavy (non-hydrogen) atoms. The molecule has 3 N–H and O–H groups in total. The normalized spacial score (nSPS) is 8.83. The van der Waals surface area contributed by atoms with Crippen molar-refractivity contribution in [3.8, 4) is 0 Å². The fourth-order valence-corrected chi connectivity index (χ4v) is 0.202. The smallest absolute Gasteiger partial charge is 0.305 e. The quantitative estimate of drug-likeness (QED) is 0.480. The third-order valence-corrected chi connectivity index (χ3v) is 0.938. The summed E-state index contributed by atoms with van der Waals surface area (Å²) >= 11 is 0. The van der Waals surface area contributed by atoms with Crippen molar-refractivity contribution in [2.24, 2.45) is 0 Å². The number of carbonyl (C=O) groups is 1. The second-order valence-corrected chi connectivity index (χ2v) is 1.95. The van der Waals surface area contributed by atoms with Crippen LogP contribution in [0.2, 0.25) is 0 Å². The van der Waals surface area contributed by atoms with Crippen LogP contribution in [0.25, 0.3) is 0 Å². The van der Waals surface area contributed by atoms with Crippen LogP contribution in [0.1, 0.15) is 13.3 Å². The number of aliphatic hydroxyl groups excluding tert-OH is 3. The Morgan fingerprint density at radius 3 is 1.83 bits per heavy atom. The van der Waals surface area contributed by atoms with Gasteiger partial charge in [-0.2, -0.15) is 0 Å². The van der Waals surface area contributed by atoms with E-state index in [1.807, 2.05) is 0 Å². The van der Waals surface area contributed by atoms with Crippen LogP contribution in [0, 0.1) is 0 Å². The van der Waals surface area contributed by atoms with Gasteiger partial charge >= 0.3 is 5.97 Å². The highest BCUT2D eigenvalue weighted by Crippen LogP contribution is 1.76. The average molecular weight is 180 g/mol. The molecule has 0 aliphatic heterocycles. The van der Waals surface area contributed by atoms with E-state index >= 15 is 0 Å². The molecule has 0 aromatic carbocycles. The van der Waals surface area contributed by atoms with Gasteiger partial charge in [-0.3, -0.25) is 4.79 Å². The summed E-state index contributed by atoms with van der Waals surface area (Å²) < 4.78 is 4.26. The molecule has 0 unspecified atom stereocenters. The summed E-state index contributed by atoms with van der Waals surface area (Å²) in [6.45, 7) is 1.03. The van der Waals surface area contributed by atoms with Crippen molar-refractivity contribution >= 4 is 5.97 Å². The number of rotatable bonds is 3. The topological polar surface area (TPSA) is 87.0 Å². The number of hydrogen-bond donors (Lipinski definition) is 3. The lowest BCUT2D eigenvalue weighted by Gasteiger charge is -1.96. The zero-order valence-corrected chi connectivity index (χ0v) is 7.36. The molecule has 0 atom stereocenters. The fourth-order valence-electron chi connectivity index (χ4n) is 0.202. The zero-order chi connectivity index (χ0) is 9.98. The van der Waals surface area contributed by atoms with Gasteiger partial charge in [0.15, 0.2) is 0 Å². The van der Waals surface area contributed by atoms with Gasteiger partial charge in [-0.05, 0) is 0 Å². The lowest BCUT2D eigenvalue weighted by atomic mass is 10.4. The molecule has 0 aliphatic carbocycles. The molecular weight excluding hydrogens is 164 g/mol. The Bertz CT molecular complexity index is 94.0. The average Bonchev–Trinajstić information content (AvgIpc) is 2.16. The van der Waals surface area contributed by atoms with E-state index in [1.165, 1.54) is 7.11 Å². The molecule has 0 spiro atoms. The molecule has 5 heteroatoms. The summed E-state index contributed by atoms with van der Waals surface area (Å²) in [6.07, 6.45) is -0.485. The van der Waals surface area contributed by atoms with Gasteiger partial charge < -0.3 is 20.1 Å². The lowest BCUT2D eigenvalue weighted by Crippen LogP contribution is -2.15. The maximum Gasteiger partial charge on any atom is 0.305 e. The minimum absolute atomic E-state index is 0.157. The van der Waals surface area contributed by atoms with Crippen LogP contribution in [-0.2, 0) is 9.53 Å². The van der Waals surface area contributed by atoms with E-state index in [-0.39, 0.29) is 19.2 Å². The third-order valence-electron chi connectivity index (χ3n) is 0.938. The SMILES string of the molecule is CCC(=O)OC.OCC(O)CO. The second-order valence-electron chi connectivity index (χ2n) is 1.95. The van der Waals surface area contributed by atoms with E-state index < -0.39 is 6.10 Å². The number of ether oxygens (including phenoxy) is 1. The van der Waals surface area contributed by atoms with Crippen molar-refractivity contribution in [1.29, 1.82) is 0 Å². The summed E-state index contributed by atoms with van der Waals surface area (Å²) in [5.41, 5.74) is 0. The molecule has 0 rings (SSSR count). The number of aliphatic hydroxyl groups is 3. The molecule has 0 aromatic rings. The van der Waals surface area contributed by atoms with Crippen LogP contribution in [-0.4, -0.2) is 47.7 Å². The molecule has 0 radical (unpaired) electrons. The minimum atomic E-state index is -0.954. The Morgan fingerprint density at radius 1 is 1.42 bits per heavy atom. The molecular formula is C7H16O5. The van der Waals surface area contributed by atoms with Gasteiger partial charge in [-0.15, -0.1) is 0 Å². The Morgan fingerprint density at radius 2 is 1.83 bits per heavy atom. The second kappa shape index (κ2) is 10.3. The zero-order valence-electron chi connectivity index (χ0n) is 7.36. The van der Waals surface area contributed by atoms with Crippen LogP contribution >= 0.6 is 0 Å². The van der Waals surface area contributed by atoms with E-state index in [9.17, 15) is 4.79 Å². The number of esters is 1. The molecule has 0 bridgehead atoms. The van der Waals surface area contributed by atoms with Gasteiger partial charge in [0.2, 0.25) is 0 Å². The highest BCUT2D eigenvalue weighted by molar-refractivity contribution is 5.68. The predicted octanol–water partition coefficient (Wildman–Crippen LogP) is -1.10. The van der Waals surface area contributed by atoms with Crippen molar-refractivity contribution < 1.29 is 24.9 Å². The van der Waals surface area contributed by atoms with Crippen LogP contribution in [0.4, 0.5) is 0 Å². The van der Waals surface area contributed by atoms with Gasteiger partial charge in [-0.25, -0.2) is 0 Å². The third kappa shape index (κ3) is 12.1. The van der Waals surface area contributed by atoms with Crippen molar-refractivity contribution in [3.63, 3.8) is 0 Å². The highest BCUT2D eigenvalue weighted by Gasteiger charge is 1.93. The van der Waals surface area contributed by atoms with E-state index in [2.05, 4.69) is 4.74 Å². The minimum Gasteiger partial charge on any atom is -0.469 e. The molecule has 0 aromatic heterocycles. The summed E-state index contributed by atoms with van der Waals surface area (Å²) in [6, 6.07) is 0. The maximum absolute atomic E-state index is 9.96. The van der Waals surface area contributed by atoms with Crippen molar-refractivity contribution in [2.75, 3.05) is 20.3 Å². The van der Waals surface area contributed by atoms with E-state index in [0.717, 1.165) is 0 Å². The summed E-state index contributed by atoms with van der Waals surface area (Å²) in [7, 11) is 1.38. The van der Waals surface area contributed by atoms with E-state index in [0.29, 0.717) is 6.42 Å². The van der Waals surface area contributed by atoms with Crippen LogP contribution in [0.15, 0.2) is 0 Å². The van der Waals surface area contributed by atoms with Gasteiger partial charge in [0.1, 0.15) is 6.10 Å². The summed E-state index contributed by atoms with van der Waals surface area (Å²) in [5.74, 6) is -0.157. The maximum atomic E-state index is 9.96.